The molecule has 6 nitrogen and oxygen atoms in total. The predicted molar refractivity (Wildman–Crippen MR) is 81.8 cm³/mol. The number of methoxy groups -OCH3 is 2. The summed E-state index contributed by atoms with van der Waals surface area (Å²) in [5, 5.41) is 4.11. The number of nitrogens with zero attached hydrogens (tertiary/aromatic N) is 2. The Balaban J connectivity index is 1.96. The highest BCUT2D eigenvalue weighted by molar-refractivity contribution is 5.65. The first-order valence-corrected chi connectivity index (χ1v) is 7.52. The molecule has 3 rings (SSSR count). The number of hydrogen-bond acceptors (Lipinski definition) is 6. The van der Waals surface area contributed by atoms with Crippen LogP contribution in [-0.2, 0) is 5.54 Å². The Kier molecular flexibility index (Phi) is 4.02. The van der Waals surface area contributed by atoms with Gasteiger partial charge in [-0.3, -0.25) is 0 Å². The zero-order valence-electron chi connectivity index (χ0n) is 13.0. The highest BCUT2D eigenvalue weighted by Crippen LogP contribution is 2.36. The van der Waals surface area contributed by atoms with Gasteiger partial charge in [0.25, 0.3) is 5.89 Å². The molecule has 1 heterocycles. The van der Waals surface area contributed by atoms with E-state index in [0.717, 1.165) is 25.7 Å². The molecule has 1 aromatic carbocycles. The third-order valence-electron chi connectivity index (χ3n) is 4.25. The van der Waals surface area contributed by atoms with Crippen molar-refractivity contribution in [2.24, 2.45) is 5.73 Å². The summed E-state index contributed by atoms with van der Waals surface area (Å²) in [6.45, 7) is 0. The highest BCUT2D eigenvalue weighted by atomic mass is 16.5. The van der Waals surface area contributed by atoms with Crippen LogP contribution in [0.4, 0.5) is 0 Å². The van der Waals surface area contributed by atoms with Crippen molar-refractivity contribution in [1.29, 1.82) is 0 Å². The maximum Gasteiger partial charge on any atom is 0.261 e. The zero-order chi connectivity index (χ0) is 15.6. The van der Waals surface area contributed by atoms with Crippen molar-refractivity contribution in [2.45, 2.75) is 37.6 Å². The highest BCUT2D eigenvalue weighted by Gasteiger charge is 2.34. The average Bonchev–Trinajstić information content (AvgIpc) is 3.05. The Morgan fingerprint density at radius 2 is 1.91 bits per heavy atom. The van der Waals surface area contributed by atoms with Gasteiger partial charge in [0, 0.05) is 0 Å². The molecule has 6 heteroatoms. The number of aromatic nitrogens is 2. The van der Waals surface area contributed by atoms with Gasteiger partial charge in [-0.05, 0) is 31.0 Å². The van der Waals surface area contributed by atoms with E-state index in [1.807, 2.05) is 18.2 Å². The topological polar surface area (TPSA) is 83.4 Å². The summed E-state index contributed by atoms with van der Waals surface area (Å²) in [7, 11) is 3.22. The van der Waals surface area contributed by atoms with Gasteiger partial charge in [0.05, 0.1) is 25.3 Å². The molecule has 22 heavy (non-hydrogen) atoms. The maximum atomic E-state index is 6.46. The van der Waals surface area contributed by atoms with Crippen LogP contribution in [0.3, 0.4) is 0 Å². The third-order valence-corrected chi connectivity index (χ3v) is 4.25. The fourth-order valence-electron chi connectivity index (χ4n) is 2.92. The van der Waals surface area contributed by atoms with E-state index in [0.29, 0.717) is 28.8 Å². The zero-order valence-corrected chi connectivity index (χ0v) is 13.0. The second kappa shape index (κ2) is 5.96. The number of rotatable bonds is 4. The van der Waals surface area contributed by atoms with Gasteiger partial charge in [0.15, 0.2) is 5.82 Å². The van der Waals surface area contributed by atoms with Crippen LogP contribution in [0.5, 0.6) is 11.5 Å². The SMILES string of the molecule is COc1ccc(OC)c(-c2nc(C3(N)CCCCC3)no2)c1. The molecule has 0 spiro atoms. The second-order valence-corrected chi connectivity index (χ2v) is 5.71. The first kappa shape index (κ1) is 14.8. The van der Waals surface area contributed by atoms with Crippen LogP contribution in [-0.4, -0.2) is 24.4 Å². The largest absolute Gasteiger partial charge is 0.497 e. The predicted octanol–water partition coefficient (Wildman–Crippen LogP) is 2.87. The Hall–Kier alpha value is -2.08. The fourth-order valence-corrected chi connectivity index (χ4v) is 2.92. The molecule has 0 aliphatic heterocycles. The van der Waals surface area contributed by atoms with Crippen LogP contribution in [0.2, 0.25) is 0 Å². The summed E-state index contributed by atoms with van der Waals surface area (Å²) in [5.41, 5.74) is 6.69. The summed E-state index contributed by atoms with van der Waals surface area (Å²) in [5.74, 6) is 2.34. The van der Waals surface area contributed by atoms with Crippen LogP contribution in [0.15, 0.2) is 22.7 Å². The molecule has 1 aliphatic carbocycles. The first-order valence-electron chi connectivity index (χ1n) is 7.52. The summed E-state index contributed by atoms with van der Waals surface area (Å²) < 4.78 is 16.0. The lowest BCUT2D eigenvalue weighted by atomic mass is 9.82. The lowest BCUT2D eigenvalue weighted by Crippen LogP contribution is -2.39. The van der Waals surface area contributed by atoms with Crippen molar-refractivity contribution in [1.82, 2.24) is 10.1 Å². The number of nitrogens with two attached hydrogens (primary N) is 1. The lowest BCUT2D eigenvalue weighted by Gasteiger charge is -2.29. The lowest BCUT2D eigenvalue weighted by molar-refractivity contribution is 0.275. The molecule has 2 aromatic rings. The van der Waals surface area contributed by atoms with Crippen LogP contribution in [0, 0.1) is 0 Å². The molecule has 0 radical (unpaired) electrons. The Morgan fingerprint density at radius 3 is 2.59 bits per heavy atom. The Morgan fingerprint density at radius 1 is 1.14 bits per heavy atom. The molecule has 0 bridgehead atoms. The monoisotopic (exact) mass is 303 g/mol. The summed E-state index contributed by atoms with van der Waals surface area (Å²) in [6.07, 6.45) is 5.20. The molecule has 1 saturated carbocycles. The van der Waals surface area contributed by atoms with E-state index in [4.69, 9.17) is 19.7 Å². The van der Waals surface area contributed by atoms with Gasteiger partial charge in [0.2, 0.25) is 0 Å². The van der Waals surface area contributed by atoms with Crippen molar-refractivity contribution in [2.75, 3.05) is 14.2 Å². The molecule has 1 aliphatic rings. The number of benzene rings is 1. The van der Waals surface area contributed by atoms with Crippen molar-refractivity contribution in [3.63, 3.8) is 0 Å². The molecule has 1 fully saturated rings. The molecule has 0 atom stereocenters. The van der Waals surface area contributed by atoms with Gasteiger partial charge >= 0.3 is 0 Å². The van der Waals surface area contributed by atoms with Crippen LogP contribution in [0.25, 0.3) is 11.5 Å². The molecule has 0 unspecified atom stereocenters. The second-order valence-electron chi connectivity index (χ2n) is 5.71. The minimum Gasteiger partial charge on any atom is -0.497 e. The first-order chi connectivity index (χ1) is 10.7. The Labute approximate surface area is 129 Å². The van der Waals surface area contributed by atoms with Crippen LogP contribution in [0.1, 0.15) is 37.9 Å². The van der Waals surface area contributed by atoms with E-state index in [-0.39, 0.29) is 0 Å². The van der Waals surface area contributed by atoms with Crippen LogP contribution >= 0.6 is 0 Å². The van der Waals surface area contributed by atoms with Crippen LogP contribution < -0.4 is 15.2 Å². The Bertz CT molecular complexity index is 648. The fraction of sp³-hybridized carbons (Fsp3) is 0.500. The van der Waals surface area contributed by atoms with E-state index >= 15 is 0 Å². The van der Waals surface area contributed by atoms with E-state index in [2.05, 4.69) is 10.1 Å². The molecule has 0 saturated heterocycles. The molecule has 2 N–H and O–H groups in total. The van der Waals surface area contributed by atoms with E-state index in [1.165, 1.54) is 6.42 Å². The summed E-state index contributed by atoms with van der Waals surface area (Å²) in [6, 6.07) is 5.46. The molecule has 1 aromatic heterocycles. The minimum absolute atomic E-state index is 0.404. The van der Waals surface area contributed by atoms with E-state index in [9.17, 15) is 0 Å². The standard InChI is InChI=1S/C16H21N3O3/c1-20-11-6-7-13(21-2)12(10-11)14-18-15(19-22-14)16(17)8-4-3-5-9-16/h6-7,10H,3-5,8-9,17H2,1-2H3. The van der Waals surface area contributed by atoms with Crippen molar-refractivity contribution in [3.8, 4) is 23.0 Å². The number of ether oxygens (including phenoxy) is 2. The van der Waals surface area contributed by atoms with Gasteiger partial charge < -0.3 is 19.7 Å². The van der Waals surface area contributed by atoms with Gasteiger partial charge in [0.1, 0.15) is 11.5 Å². The molecular weight excluding hydrogens is 282 g/mol. The molecule has 118 valence electrons. The van der Waals surface area contributed by atoms with Crippen molar-refractivity contribution < 1.29 is 14.0 Å². The van der Waals surface area contributed by atoms with Crippen molar-refractivity contribution in [3.05, 3.63) is 24.0 Å². The summed E-state index contributed by atoms with van der Waals surface area (Å²) in [4.78, 5) is 4.52. The third kappa shape index (κ3) is 2.66. The van der Waals surface area contributed by atoms with Gasteiger partial charge in [-0.2, -0.15) is 4.98 Å². The maximum absolute atomic E-state index is 6.46. The van der Waals surface area contributed by atoms with Gasteiger partial charge in [-0.25, -0.2) is 0 Å². The van der Waals surface area contributed by atoms with Gasteiger partial charge in [-0.1, -0.05) is 24.4 Å². The average molecular weight is 303 g/mol. The smallest absolute Gasteiger partial charge is 0.261 e. The van der Waals surface area contributed by atoms with E-state index < -0.39 is 5.54 Å². The number of hydrogen-bond donors (Lipinski definition) is 1. The quantitative estimate of drug-likeness (QED) is 0.935. The van der Waals surface area contributed by atoms with Gasteiger partial charge in [-0.15, -0.1) is 0 Å². The van der Waals surface area contributed by atoms with E-state index in [1.54, 1.807) is 14.2 Å². The minimum atomic E-state index is -0.480. The summed E-state index contributed by atoms with van der Waals surface area (Å²) >= 11 is 0. The molecule has 0 amide bonds. The molecular formula is C16H21N3O3. The van der Waals surface area contributed by atoms with Crippen molar-refractivity contribution >= 4 is 0 Å². The normalized spacial score (nSPS) is 17.2.